The van der Waals surface area contributed by atoms with Crippen molar-refractivity contribution in [3.8, 4) is 0 Å². The molecule has 0 saturated heterocycles. The Morgan fingerprint density at radius 2 is 1.78 bits per heavy atom. The van der Waals surface area contributed by atoms with E-state index >= 15 is 0 Å². The molecule has 180 valence electrons. The average molecular weight is 558 g/mol. The smallest absolute Gasteiger partial charge is 0.550 e. The molecule has 0 aliphatic heterocycles. The van der Waals surface area contributed by atoms with Crippen LogP contribution in [-0.2, 0) is 4.79 Å². The van der Waals surface area contributed by atoms with Crippen molar-refractivity contribution in [1.29, 1.82) is 0 Å². The van der Waals surface area contributed by atoms with E-state index in [1.165, 1.54) is 12.1 Å². The van der Waals surface area contributed by atoms with Crippen LogP contribution in [0.5, 0.6) is 0 Å². The molecule has 0 N–H and O–H groups in total. The first kappa shape index (κ1) is 27.9. The Balaban J connectivity index is 0.00000320. The molecule has 1 atom stereocenters. The Morgan fingerprint density at radius 3 is 2.59 bits per heavy atom. The van der Waals surface area contributed by atoms with E-state index in [0.717, 1.165) is 33.5 Å². The Labute approximate surface area is 250 Å². The largest absolute Gasteiger partial charge is 1.00 e. The summed E-state index contributed by atoms with van der Waals surface area (Å²) in [6.45, 7) is 0. The molecule has 0 radical (unpaired) electrons. The van der Waals surface area contributed by atoms with Gasteiger partial charge in [-0.3, -0.25) is 0 Å². The first-order valence-corrected chi connectivity index (χ1v) is 13.0. The molecule has 0 fully saturated rings. The van der Waals surface area contributed by atoms with E-state index in [1.54, 1.807) is 11.8 Å². The van der Waals surface area contributed by atoms with Gasteiger partial charge in [0.25, 0.3) is 0 Å². The predicted octanol–water partition coefficient (Wildman–Crippen LogP) is 4.30. The number of aliphatic carboxylic acids is 1. The molecule has 4 aromatic rings. The van der Waals surface area contributed by atoms with E-state index in [-0.39, 0.29) is 46.3 Å². The summed E-state index contributed by atoms with van der Waals surface area (Å²) in [6, 6.07) is 18.5. The first-order valence-electron chi connectivity index (χ1n) is 11.2. The molecule has 1 aliphatic carbocycles. The minimum atomic E-state index is -1.06. The van der Waals surface area contributed by atoms with Gasteiger partial charge in [0.1, 0.15) is 5.82 Å². The molecule has 37 heavy (non-hydrogen) atoms. The number of carboxylic acids is 1. The zero-order chi connectivity index (χ0) is 25.2. The fourth-order valence-corrected chi connectivity index (χ4v) is 5.84. The third-order valence-electron chi connectivity index (χ3n) is 5.96. The van der Waals surface area contributed by atoms with Gasteiger partial charge in [-0.15, -0.1) is 11.8 Å². The summed E-state index contributed by atoms with van der Waals surface area (Å²) in [6.07, 6.45) is 7.96. The van der Waals surface area contributed by atoms with Crippen LogP contribution in [0.25, 0.3) is 35.2 Å². The van der Waals surface area contributed by atoms with E-state index in [4.69, 9.17) is 23.2 Å². The van der Waals surface area contributed by atoms with Gasteiger partial charge in [-0.25, -0.2) is 9.37 Å². The number of aromatic nitrogens is 1. The standard InChI is InChI=1S/C29H20Cl2FNO2S.Na/c30-21-7-10-23-19(14-21)5-4-18-3-1-17(13-24(18)29(23)36-12-11-28(34)35)2-8-22-9-6-20-15-26(32)25(31)16-27(20)33-22;/h1-10,13-16,29H,11-12H2,(H,34,35);/q;+1/p-1. The molecule has 3 nitrogen and oxygen atoms in total. The van der Waals surface area contributed by atoms with Crippen LogP contribution < -0.4 is 34.7 Å². The number of carbonyl (C=O) groups excluding carboxylic acids is 1. The Kier molecular flexibility index (Phi) is 9.17. The number of thioether (sulfide) groups is 1. The molecule has 1 heterocycles. The molecular formula is C29H19Cl2FNNaO2S. The van der Waals surface area contributed by atoms with E-state index in [1.807, 2.05) is 54.6 Å². The van der Waals surface area contributed by atoms with E-state index in [0.29, 0.717) is 21.7 Å². The second kappa shape index (κ2) is 12.2. The van der Waals surface area contributed by atoms with E-state index < -0.39 is 11.8 Å². The van der Waals surface area contributed by atoms with Crippen molar-refractivity contribution in [2.75, 3.05) is 5.75 Å². The molecule has 0 amide bonds. The SMILES string of the molecule is O=C([O-])CCSC1c2ccc(Cl)cc2C=Cc2ccc(C=Cc3ccc4cc(F)c(Cl)cc4n3)cc21.[Na+]. The van der Waals surface area contributed by atoms with Crippen LogP contribution in [-0.4, -0.2) is 16.7 Å². The molecular weight excluding hydrogens is 539 g/mol. The zero-order valence-electron chi connectivity index (χ0n) is 19.9. The number of hydrogen-bond acceptors (Lipinski definition) is 4. The topological polar surface area (TPSA) is 53.0 Å². The summed E-state index contributed by atoms with van der Waals surface area (Å²) >= 11 is 13.7. The van der Waals surface area contributed by atoms with Crippen molar-refractivity contribution in [1.82, 2.24) is 4.98 Å². The van der Waals surface area contributed by atoms with Crippen molar-refractivity contribution in [2.45, 2.75) is 11.7 Å². The number of pyridine rings is 1. The first-order chi connectivity index (χ1) is 17.4. The minimum absolute atomic E-state index is 0. The fourth-order valence-electron chi connectivity index (χ4n) is 4.20. The molecule has 5 rings (SSSR count). The van der Waals surface area contributed by atoms with Crippen LogP contribution in [0.1, 0.15) is 45.2 Å². The normalized spacial score (nSPS) is 14.2. The molecule has 1 aromatic heterocycles. The van der Waals surface area contributed by atoms with Crippen molar-refractivity contribution < 1.29 is 43.8 Å². The average Bonchev–Trinajstić information content (AvgIpc) is 2.99. The second-order valence-corrected chi connectivity index (χ2v) is 10.5. The summed E-state index contributed by atoms with van der Waals surface area (Å²) in [7, 11) is 0. The summed E-state index contributed by atoms with van der Waals surface area (Å²) in [5.41, 5.74) is 6.56. The van der Waals surface area contributed by atoms with E-state index in [9.17, 15) is 14.3 Å². The number of hydrogen-bond donors (Lipinski definition) is 0. The number of rotatable bonds is 6. The summed E-state index contributed by atoms with van der Waals surface area (Å²) in [5, 5.41) is 12.3. The fraction of sp³-hybridized carbons (Fsp3) is 0.103. The van der Waals surface area contributed by atoms with Crippen molar-refractivity contribution in [2.24, 2.45) is 0 Å². The number of halogens is 3. The van der Waals surface area contributed by atoms with Gasteiger partial charge in [-0.1, -0.05) is 65.7 Å². The molecule has 3 aromatic carbocycles. The Morgan fingerprint density at radius 1 is 0.973 bits per heavy atom. The van der Waals surface area contributed by atoms with Gasteiger partial charge in [-0.2, -0.15) is 0 Å². The molecule has 0 spiro atoms. The summed E-state index contributed by atoms with van der Waals surface area (Å²) < 4.78 is 13.7. The van der Waals surface area contributed by atoms with Crippen LogP contribution >= 0.6 is 35.0 Å². The van der Waals surface area contributed by atoms with E-state index in [2.05, 4.69) is 23.2 Å². The number of fused-ring (bicyclic) bond motifs is 3. The number of carbonyl (C=O) groups is 1. The molecule has 8 heteroatoms. The van der Waals surface area contributed by atoms with Crippen LogP contribution in [0.4, 0.5) is 4.39 Å². The van der Waals surface area contributed by atoms with Crippen LogP contribution in [0.3, 0.4) is 0 Å². The second-order valence-electron chi connectivity index (χ2n) is 8.40. The van der Waals surface area contributed by atoms with Gasteiger partial charge in [0, 0.05) is 16.4 Å². The third kappa shape index (κ3) is 6.48. The van der Waals surface area contributed by atoms with Gasteiger partial charge in [0.2, 0.25) is 0 Å². The van der Waals surface area contributed by atoms with Gasteiger partial charge < -0.3 is 9.90 Å². The monoisotopic (exact) mass is 557 g/mol. The Bertz CT molecular complexity index is 1560. The Hall–Kier alpha value is -2.12. The van der Waals surface area contributed by atoms with Gasteiger partial charge in [-0.05, 0) is 82.5 Å². The molecule has 1 unspecified atom stereocenters. The number of nitrogens with zero attached hydrogens (tertiary/aromatic N) is 1. The van der Waals surface area contributed by atoms with Gasteiger partial charge in [0.15, 0.2) is 0 Å². The van der Waals surface area contributed by atoms with Gasteiger partial charge >= 0.3 is 29.6 Å². The maximum Gasteiger partial charge on any atom is 1.00 e. The number of carboxylic acid groups (broad SMARTS) is 1. The molecule has 0 bridgehead atoms. The zero-order valence-corrected chi connectivity index (χ0v) is 24.2. The molecule has 0 saturated carbocycles. The van der Waals surface area contributed by atoms with Gasteiger partial charge in [0.05, 0.1) is 21.5 Å². The number of benzene rings is 3. The minimum Gasteiger partial charge on any atom is -0.550 e. The third-order valence-corrected chi connectivity index (χ3v) is 7.76. The summed E-state index contributed by atoms with van der Waals surface area (Å²) in [4.78, 5) is 15.6. The van der Waals surface area contributed by atoms with Crippen LogP contribution in [0.15, 0.2) is 60.7 Å². The van der Waals surface area contributed by atoms with Crippen LogP contribution in [0.2, 0.25) is 10.0 Å². The van der Waals surface area contributed by atoms with Crippen molar-refractivity contribution >= 4 is 76.1 Å². The maximum absolute atomic E-state index is 13.7. The predicted molar refractivity (Wildman–Crippen MR) is 146 cm³/mol. The van der Waals surface area contributed by atoms with Crippen molar-refractivity contribution in [3.05, 3.63) is 110 Å². The van der Waals surface area contributed by atoms with Crippen LogP contribution in [0, 0.1) is 5.82 Å². The summed E-state index contributed by atoms with van der Waals surface area (Å²) in [5.74, 6) is -1.10. The van der Waals surface area contributed by atoms with Crippen molar-refractivity contribution in [3.63, 3.8) is 0 Å². The maximum atomic E-state index is 13.7. The molecule has 1 aliphatic rings. The quantitative estimate of drug-likeness (QED) is 0.332.